The average molecular weight is 311 g/mol. The van der Waals surface area contributed by atoms with Crippen LogP contribution in [-0.4, -0.2) is 37.0 Å². The van der Waals surface area contributed by atoms with Gasteiger partial charge in [0.05, 0.1) is 5.69 Å². The van der Waals surface area contributed by atoms with Gasteiger partial charge >= 0.3 is 6.18 Å². The molecular weight excluding hydrogens is 295 g/mol. The SMILES string of the molecule is CCCN(CC(F)(F)F)S(=O)(=O)c1cccnc1CN. The Morgan fingerprint density at radius 3 is 2.55 bits per heavy atom. The second kappa shape index (κ2) is 6.51. The molecule has 0 saturated heterocycles. The maximum absolute atomic E-state index is 12.5. The number of nitrogens with two attached hydrogens (primary N) is 1. The van der Waals surface area contributed by atoms with E-state index >= 15 is 0 Å². The molecule has 0 atom stereocenters. The van der Waals surface area contributed by atoms with Crippen LogP contribution in [0.3, 0.4) is 0 Å². The molecule has 0 bridgehead atoms. The highest BCUT2D eigenvalue weighted by molar-refractivity contribution is 7.89. The van der Waals surface area contributed by atoms with Crippen molar-refractivity contribution < 1.29 is 21.6 Å². The molecule has 0 saturated carbocycles. The Balaban J connectivity index is 3.22. The lowest BCUT2D eigenvalue weighted by Crippen LogP contribution is -2.39. The molecule has 0 aliphatic rings. The smallest absolute Gasteiger partial charge is 0.325 e. The molecule has 0 aliphatic heterocycles. The fourth-order valence-electron chi connectivity index (χ4n) is 1.68. The monoisotopic (exact) mass is 311 g/mol. The number of sulfonamides is 1. The summed E-state index contributed by atoms with van der Waals surface area (Å²) in [4.78, 5) is 3.51. The van der Waals surface area contributed by atoms with E-state index in [1.54, 1.807) is 6.92 Å². The highest BCUT2D eigenvalue weighted by Crippen LogP contribution is 2.24. The minimum atomic E-state index is -4.60. The molecule has 9 heteroatoms. The van der Waals surface area contributed by atoms with Crippen LogP contribution in [0.1, 0.15) is 19.0 Å². The van der Waals surface area contributed by atoms with Crippen molar-refractivity contribution in [1.29, 1.82) is 0 Å². The number of halogens is 3. The van der Waals surface area contributed by atoms with Crippen molar-refractivity contribution in [3.05, 3.63) is 24.0 Å². The maximum Gasteiger partial charge on any atom is 0.402 e. The first-order chi connectivity index (χ1) is 9.22. The van der Waals surface area contributed by atoms with Crippen LogP contribution in [0, 0.1) is 0 Å². The van der Waals surface area contributed by atoms with E-state index in [2.05, 4.69) is 4.98 Å². The molecule has 1 aromatic rings. The molecule has 0 aromatic carbocycles. The van der Waals surface area contributed by atoms with Gasteiger partial charge in [-0.2, -0.15) is 17.5 Å². The van der Waals surface area contributed by atoms with Crippen molar-refractivity contribution in [2.45, 2.75) is 31.0 Å². The highest BCUT2D eigenvalue weighted by Gasteiger charge is 2.37. The van der Waals surface area contributed by atoms with Gasteiger partial charge < -0.3 is 5.73 Å². The predicted molar refractivity (Wildman–Crippen MR) is 67.2 cm³/mol. The fraction of sp³-hybridized carbons (Fsp3) is 0.545. The molecule has 0 spiro atoms. The summed E-state index contributed by atoms with van der Waals surface area (Å²) in [7, 11) is -4.27. The lowest BCUT2D eigenvalue weighted by molar-refractivity contribution is -0.136. The van der Waals surface area contributed by atoms with Crippen LogP contribution in [0.15, 0.2) is 23.2 Å². The predicted octanol–water partition coefficient (Wildman–Crippen LogP) is 1.50. The summed E-state index contributed by atoms with van der Waals surface area (Å²) in [5.74, 6) is 0. The molecule has 1 rings (SSSR count). The first-order valence-electron chi connectivity index (χ1n) is 5.93. The van der Waals surface area contributed by atoms with Gasteiger partial charge in [0.25, 0.3) is 0 Å². The number of aromatic nitrogens is 1. The lowest BCUT2D eigenvalue weighted by atomic mass is 10.3. The summed E-state index contributed by atoms with van der Waals surface area (Å²) in [6.07, 6.45) is -2.99. The van der Waals surface area contributed by atoms with E-state index < -0.39 is 22.7 Å². The number of hydrogen-bond acceptors (Lipinski definition) is 4. The standard InChI is InChI=1S/C11H16F3N3O2S/c1-2-6-17(8-11(12,13)14)20(18,19)10-4-3-5-16-9(10)7-15/h3-5H,2,6-8,15H2,1H3. The van der Waals surface area contributed by atoms with Gasteiger partial charge in [0.15, 0.2) is 0 Å². The molecule has 1 heterocycles. The fourth-order valence-corrected chi connectivity index (χ4v) is 3.39. The van der Waals surface area contributed by atoms with E-state index in [1.165, 1.54) is 18.3 Å². The van der Waals surface area contributed by atoms with Crippen LogP contribution in [0.4, 0.5) is 13.2 Å². The van der Waals surface area contributed by atoms with E-state index in [1.807, 2.05) is 0 Å². The first kappa shape index (κ1) is 16.9. The molecular formula is C11H16F3N3O2S. The third kappa shape index (κ3) is 4.15. The van der Waals surface area contributed by atoms with Crippen LogP contribution < -0.4 is 5.73 Å². The zero-order valence-corrected chi connectivity index (χ0v) is 11.7. The topological polar surface area (TPSA) is 76.3 Å². The number of nitrogens with zero attached hydrogens (tertiary/aromatic N) is 2. The van der Waals surface area contributed by atoms with E-state index in [-0.39, 0.29) is 30.1 Å². The summed E-state index contributed by atoms with van der Waals surface area (Å²) in [5.41, 5.74) is 5.43. The Bertz CT molecular complexity index is 546. The Labute approximate surface area is 115 Å². The summed E-state index contributed by atoms with van der Waals surface area (Å²) in [6.45, 7) is -0.309. The molecule has 114 valence electrons. The Kier molecular flexibility index (Phi) is 5.49. The second-order valence-electron chi connectivity index (χ2n) is 4.11. The molecule has 20 heavy (non-hydrogen) atoms. The Morgan fingerprint density at radius 2 is 2.05 bits per heavy atom. The van der Waals surface area contributed by atoms with Crippen molar-refractivity contribution in [3.63, 3.8) is 0 Å². The highest BCUT2D eigenvalue weighted by atomic mass is 32.2. The van der Waals surface area contributed by atoms with E-state index in [9.17, 15) is 21.6 Å². The van der Waals surface area contributed by atoms with Crippen LogP contribution in [-0.2, 0) is 16.6 Å². The first-order valence-corrected chi connectivity index (χ1v) is 7.37. The van der Waals surface area contributed by atoms with Crippen LogP contribution >= 0.6 is 0 Å². The summed E-state index contributed by atoms with van der Waals surface area (Å²) < 4.78 is 62.6. The van der Waals surface area contributed by atoms with Gasteiger partial charge in [0.1, 0.15) is 11.4 Å². The van der Waals surface area contributed by atoms with Crippen molar-refractivity contribution in [2.24, 2.45) is 5.73 Å². The van der Waals surface area contributed by atoms with E-state index in [0.29, 0.717) is 4.31 Å². The average Bonchev–Trinajstić information content (AvgIpc) is 2.36. The zero-order valence-electron chi connectivity index (χ0n) is 10.9. The molecule has 2 N–H and O–H groups in total. The molecule has 0 aliphatic carbocycles. The van der Waals surface area contributed by atoms with Gasteiger partial charge in [0, 0.05) is 19.3 Å². The minimum Gasteiger partial charge on any atom is -0.325 e. The largest absolute Gasteiger partial charge is 0.402 e. The van der Waals surface area contributed by atoms with Crippen LogP contribution in [0.25, 0.3) is 0 Å². The third-order valence-corrected chi connectivity index (χ3v) is 4.41. The molecule has 0 amide bonds. The van der Waals surface area contributed by atoms with Gasteiger partial charge in [-0.1, -0.05) is 6.92 Å². The zero-order chi connectivity index (χ0) is 15.4. The molecule has 0 fully saturated rings. The third-order valence-electron chi connectivity index (χ3n) is 2.49. The molecule has 5 nitrogen and oxygen atoms in total. The van der Waals surface area contributed by atoms with Crippen LogP contribution in [0.2, 0.25) is 0 Å². The summed E-state index contributed by atoms with van der Waals surface area (Å²) in [5, 5.41) is 0. The second-order valence-corrected chi connectivity index (χ2v) is 6.01. The van der Waals surface area contributed by atoms with Gasteiger partial charge in [-0.05, 0) is 18.6 Å². The van der Waals surface area contributed by atoms with Crippen molar-refractivity contribution >= 4 is 10.0 Å². The van der Waals surface area contributed by atoms with Gasteiger partial charge in [0.2, 0.25) is 10.0 Å². The Morgan fingerprint density at radius 1 is 1.40 bits per heavy atom. The lowest BCUT2D eigenvalue weighted by Gasteiger charge is -2.23. The van der Waals surface area contributed by atoms with Crippen molar-refractivity contribution in [3.8, 4) is 0 Å². The number of pyridine rings is 1. The van der Waals surface area contributed by atoms with E-state index in [4.69, 9.17) is 5.73 Å². The minimum absolute atomic E-state index is 0.0516. The molecule has 0 radical (unpaired) electrons. The van der Waals surface area contributed by atoms with Gasteiger partial charge in [-0.3, -0.25) is 4.98 Å². The van der Waals surface area contributed by atoms with Gasteiger partial charge in [-0.15, -0.1) is 0 Å². The summed E-state index contributed by atoms with van der Waals surface area (Å²) in [6, 6.07) is 2.56. The normalized spacial score (nSPS) is 12.9. The number of alkyl halides is 3. The number of rotatable bonds is 6. The van der Waals surface area contributed by atoms with E-state index in [0.717, 1.165) is 0 Å². The van der Waals surface area contributed by atoms with Crippen molar-refractivity contribution in [1.82, 2.24) is 9.29 Å². The van der Waals surface area contributed by atoms with Crippen LogP contribution in [0.5, 0.6) is 0 Å². The Hall–Kier alpha value is -1.19. The quantitative estimate of drug-likeness (QED) is 0.864. The molecule has 1 aromatic heterocycles. The maximum atomic E-state index is 12.5. The number of hydrogen-bond donors (Lipinski definition) is 1. The van der Waals surface area contributed by atoms with Crippen molar-refractivity contribution in [2.75, 3.05) is 13.1 Å². The molecule has 0 unspecified atom stereocenters. The summed E-state index contributed by atoms with van der Waals surface area (Å²) >= 11 is 0. The van der Waals surface area contributed by atoms with Gasteiger partial charge in [-0.25, -0.2) is 8.42 Å².